The van der Waals surface area contributed by atoms with Gasteiger partial charge in [-0.1, -0.05) is 20.8 Å². The summed E-state index contributed by atoms with van der Waals surface area (Å²) >= 11 is 0. The van der Waals surface area contributed by atoms with Crippen LogP contribution < -0.4 is 0 Å². The average molecular weight is 296 g/mol. The molecule has 0 spiro atoms. The molecule has 1 atom stereocenters. The van der Waals surface area contributed by atoms with Gasteiger partial charge in [0, 0.05) is 5.56 Å². The summed E-state index contributed by atoms with van der Waals surface area (Å²) in [4.78, 5) is 0. The van der Waals surface area contributed by atoms with Crippen LogP contribution in [0.25, 0.3) is 0 Å². The fourth-order valence-corrected chi connectivity index (χ4v) is 3.44. The standard InChI is InChI=1S/C18H26F2O/c1-11-9-16(20)14(10-15(11)19)17(21)12-5-7-13(8-6-12)18(2,3)4/h9-10,12-13,17,21H,5-8H2,1-4H3. The highest BCUT2D eigenvalue weighted by atomic mass is 19.1. The molecule has 0 radical (unpaired) electrons. The van der Waals surface area contributed by atoms with Gasteiger partial charge < -0.3 is 5.11 Å². The van der Waals surface area contributed by atoms with Gasteiger partial charge in [0.2, 0.25) is 0 Å². The molecule has 1 aliphatic rings. The average Bonchev–Trinajstić information content (AvgIpc) is 2.41. The maximum atomic E-state index is 14.0. The van der Waals surface area contributed by atoms with Crippen molar-refractivity contribution in [3.8, 4) is 0 Å². The van der Waals surface area contributed by atoms with Crippen molar-refractivity contribution < 1.29 is 13.9 Å². The first-order valence-electron chi connectivity index (χ1n) is 7.83. The molecule has 1 aromatic carbocycles. The van der Waals surface area contributed by atoms with E-state index in [1.54, 1.807) is 0 Å². The van der Waals surface area contributed by atoms with Gasteiger partial charge in [-0.2, -0.15) is 0 Å². The lowest BCUT2D eigenvalue weighted by molar-refractivity contribution is 0.0504. The van der Waals surface area contributed by atoms with Gasteiger partial charge in [0.1, 0.15) is 11.6 Å². The zero-order valence-electron chi connectivity index (χ0n) is 13.4. The summed E-state index contributed by atoms with van der Waals surface area (Å²) in [6, 6.07) is 2.33. The topological polar surface area (TPSA) is 20.2 Å². The molecule has 2 rings (SSSR count). The third kappa shape index (κ3) is 3.63. The van der Waals surface area contributed by atoms with Crippen LogP contribution in [0.1, 0.15) is 63.7 Å². The quantitative estimate of drug-likeness (QED) is 0.799. The van der Waals surface area contributed by atoms with E-state index >= 15 is 0 Å². The summed E-state index contributed by atoms with van der Waals surface area (Å²) in [5.74, 6) is -0.283. The number of hydrogen-bond donors (Lipinski definition) is 1. The molecule has 1 N–H and O–H groups in total. The fourth-order valence-electron chi connectivity index (χ4n) is 3.44. The third-order valence-electron chi connectivity index (χ3n) is 5.04. The summed E-state index contributed by atoms with van der Waals surface area (Å²) in [5, 5.41) is 10.4. The van der Waals surface area contributed by atoms with Crippen LogP contribution >= 0.6 is 0 Å². The molecule has 1 aromatic rings. The maximum absolute atomic E-state index is 14.0. The molecule has 1 nitrogen and oxygen atoms in total. The Balaban J connectivity index is 2.09. The predicted octanol–water partition coefficient (Wildman–Crippen LogP) is 5.16. The summed E-state index contributed by atoms with van der Waals surface area (Å²) < 4.78 is 27.6. The van der Waals surface area contributed by atoms with E-state index in [0.717, 1.165) is 31.7 Å². The lowest BCUT2D eigenvalue weighted by Gasteiger charge is -2.38. The predicted molar refractivity (Wildman–Crippen MR) is 81.0 cm³/mol. The van der Waals surface area contributed by atoms with E-state index in [0.29, 0.717) is 5.92 Å². The molecule has 0 saturated heterocycles. The molecule has 1 unspecified atom stereocenters. The van der Waals surface area contributed by atoms with E-state index in [4.69, 9.17) is 0 Å². The number of halogens is 2. The van der Waals surface area contributed by atoms with E-state index in [9.17, 15) is 13.9 Å². The summed E-state index contributed by atoms with van der Waals surface area (Å²) in [6.07, 6.45) is 2.93. The van der Waals surface area contributed by atoms with Gasteiger partial charge in [0.15, 0.2) is 0 Å². The van der Waals surface area contributed by atoms with Crippen molar-refractivity contribution in [3.63, 3.8) is 0 Å². The zero-order valence-corrected chi connectivity index (χ0v) is 13.4. The minimum atomic E-state index is -0.902. The number of aryl methyl sites for hydroxylation is 1. The van der Waals surface area contributed by atoms with Crippen molar-refractivity contribution in [2.75, 3.05) is 0 Å². The highest BCUT2D eigenvalue weighted by Gasteiger charge is 2.33. The Morgan fingerprint density at radius 3 is 2.14 bits per heavy atom. The number of aliphatic hydroxyl groups excluding tert-OH is 1. The second-order valence-electron chi connectivity index (χ2n) is 7.55. The summed E-state index contributed by atoms with van der Waals surface area (Å²) in [5.41, 5.74) is 0.661. The molecule has 0 aromatic heterocycles. The monoisotopic (exact) mass is 296 g/mol. The fraction of sp³-hybridized carbons (Fsp3) is 0.667. The van der Waals surface area contributed by atoms with Crippen LogP contribution in [0.5, 0.6) is 0 Å². The molecule has 118 valence electrons. The molecular weight excluding hydrogens is 270 g/mol. The van der Waals surface area contributed by atoms with Gasteiger partial charge in [-0.05, 0) is 67.6 Å². The highest BCUT2D eigenvalue weighted by Crippen LogP contribution is 2.43. The smallest absolute Gasteiger partial charge is 0.129 e. The molecule has 0 heterocycles. The van der Waals surface area contributed by atoms with Crippen LogP contribution in [0.3, 0.4) is 0 Å². The minimum Gasteiger partial charge on any atom is -0.388 e. The van der Waals surface area contributed by atoms with Crippen molar-refractivity contribution in [1.29, 1.82) is 0 Å². The third-order valence-corrected chi connectivity index (χ3v) is 5.04. The molecular formula is C18H26F2O. The number of hydrogen-bond acceptors (Lipinski definition) is 1. The van der Waals surface area contributed by atoms with Crippen molar-refractivity contribution in [1.82, 2.24) is 0 Å². The maximum Gasteiger partial charge on any atom is 0.129 e. The van der Waals surface area contributed by atoms with Crippen molar-refractivity contribution in [3.05, 3.63) is 34.9 Å². The number of aliphatic hydroxyl groups is 1. The zero-order chi connectivity index (χ0) is 15.8. The molecule has 0 amide bonds. The summed E-state index contributed by atoms with van der Waals surface area (Å²) in [7, 11) is 0. The molecule has 0 aliphatic heterocycles. The van der Waals surface area contributed by atoms with E-state index in [2.05, 4.69) is 20.8 Å². The van der Waals surface area contributed by atoms with E-state index in [1.807, 2.05) is 0 Å². The summed E-state index contributed by atoms with van der Waals surface area (Å²) in [6.45, 7) is 8.25. The van der Waals surface area contributed by atoms with Crippen LogP contribution in [0.2, 0.25) is 0 Å². The van der Waals surface area contributed by atoms with E-state index < -0.39 is 17.7 Å². The second kappa shape index (κ2) is 6.04. The Morgan fingerprint density at radius 1 is 1.05 bits per heavy atom. The lowest BCUT2D eigenvalue weighted by atomic mass is 9.68. The first-order chi connectivity index (χ1) is 9.70. The molecule has 21 heavy (non-hydrogen) atoms. The van der Waals surface area contributed by atoms with Gasteiger partial charge in [-0.15, -0.1) is 0 Å². The normalized spacial score (nSPS) is 24.9. The molecule has 1 aliphatic carbocycles. The lowest BCUT2D eigenvalue weighted by Crippen LogP contribution is -2.28. The molecule has 0 bridgehead atoms. The Bertz CT molecular complexity index is 497. The largest absolute Gasteiger partial charge is 0.388 e. The van der Waals surface area contributed by atoms with Crippen molar-refractivity contribution >= 4 is 0 Å². The van der Waals surface area contributed by atoms with E-state index in [-0.39, 0.29) is 22.5 Å². The van der Waals surface area contributed by atoms with Gasteiger partial charge in [-0.3, -0.25) is 0 Å². The van der Waals surface area contributed by atoms with E-state index in [1.165, 1.54) is 13.0 Å². The van der Waals surface area contributed by atoms with Crippen molar-refractivity contribution in [2.45, 2.75) is 59.5 Å². The number of benzene rings is 1. The second-order valence-corrected chi connectivity index (χ2v) is 7.55. The Hall–Kier alpha value is -0.960. The molecule has 1 fully saturated rings. The van der Waals surface area contributed by atoms with Gasteiger partial charge in [0.25, 0.3) is 0 Å². The number of rotatable bonds is 2. The Kier molecular flexibility index (Phi) is 4.72. The first kappa shape index (κ1) is 16.4. The van der Waals surface area contributed by atoms with Crippen molar-refractivity contribution in [2.24, 2.45) is 17.3 Å². The van der Waals surface area contributed by atoms with Gasteiger partial charge in [-0.25, -0.2) is 8.78 Å². The highest BCUT2D eigenvalue weighted by molar-refractivity contribution is 5.27. The van der Waals surface area contributed by atoms with Gasteiger partial charge >= 0.3 is 0 Å². The Morgan fingerprint density at radius 2 is 1.62 bits per heavy atom. The van der Waals surface area contributed by atoms with Gasteiger partial charge in [0.05, 0.1) is 6.10 Å². The Labute approximate surface area is 126 Å². The van der Waals surface area contributed by atoms with Crippen LogP contribution in [-0.4, -0.2) is 5.11 Å². The van der Waals surface area contributed by atoms with Crippen LogP contribution in [0.15, 0.2) is 12.1 Å². The van der Waals surface area contributed by atoms with Crippen LogP contribution in [-0.2, 0) is 0 Å². The minimum absolute atomic E-state index is 0.0280. The van der Waals surface area contributed by atoms with Crippen LogP contribution in [0, 0.1) is 35.8 Å². The van der Waals surface area contributed by atoms with Crippen LogP contribution in [0.4, 0.5) is 8.78 Å². The molecule has 1 saturated carbocycles. The SMILES string of the molecule is Cc1cc(F)c(C(O)C2CCC(C(C)(C)C)CC2)cc1F. The molecule has 3 heteroatoms. The first-order valence-corrected chi connectivity index (χ1v) is 7.83.